The summed E-state index contributed by atoms with van der Waals surface area (Å²) in [5.74, 6) is 1.09. The van der Waals surface area contributed by atoms with E-state index in [-0.39, 0.29) is 4.90 Å². The van der Waals surface area contributed by atoms with Crippen LogP contribution in [0.15, 0.2) is 29.2 Å². The monoisotopic (exact) mass is 358 g/mol. The van der Waals surface area contributed by atoms with Gasteiger partial charge in [0.2, 0.25) is 0 Å². The maximum Gasteiger partial charge on any atom is 0.269 e. The Morgan fingerprint density at radius 1 is 1.28 bits per heavy atom. The summed E-state index contributed by atoms with van der Waals surface area (Å²) in [6.45, 7) is 3.76. The smallest absolute Gasteiger partial charge is 0.269 e. The van der Waals surface area contributed by atoms with Gasteiger partial charge in [0.15, 0.2) is 0 Å². The average molecular weight is 358 g/mol. The number of hydrogen-bond acceptors (Lipinski definition) is 5. The molecule has 1 aromatic carbocycles. The third-order valence-corrected chi connectivity index (χ3v) is 6.57. The molecule has 1 N–H and O–H groups in total. The number of anilines is 1. The minimum atomic E-state index is -3.72. The van der Waals surface area contributed by atoms with Gasteiger partial charge in [0, 0.05) is 11.9 Å². The van der Waals surface area contributed by atoms with Crippen LogP contribution in [0.4, 0.5) is 5.82 Å². The number of fused-ring (bicyclic) bond motifs is 2. The van der Waals surface area contributed by atoms with E-state index in [9.17, 15) is 8.42 Å². The Morgan fingerprint density at radius 2 is 2.08 bits per heavy atom. The molecule has 0 fully saturated rings. The van der Waals surface area contributed by atoms with Gasteiger partial charge in [0.25, 0.3) is 10.0 Å². The van der Waals surface area contributed by atoms with E-state index in [1.54, 1.807) is 21.0 Å². The zero-order valence-corrected chi connectivity index (χ0v) is 15.0. The zero-order valence-electron chi connectivity index (χ0n) is 14.2. The number of para-hydroxylation sites is 1. The number of nitrogens with zero attached hydrogens (tertiary/aromatic N) is 3. The number of aromatic nitrogens is 3. The average Bonchev–Trinajstić information content (AvgIpc) is 3.15. The van der Waals surface area contributed by atoms with Crippen LogP contribution in [0.1, 0.15) is 17.0 Å². The van der Waals surface area contributed by atoms with Crippen LogP contribution in [0.2, 0.25) is 0 Å². The number of aromatic amines is 1. The molecule has 4 rings (SSSR count). The second-order valence-electron chi connectivity index (χ2n) is 6.09. The molecule has 8 heteroatoms. The van der Waals surface area contributed by atoms with E-state index in [2.05, 4.69) is 15.2 Å². The van der Waals surface area contributed by atoms with Gasteiger partial charge in [-0.1, -0.05) is 12.1 Å². The third-order valence-electron chi connectivity index (χ3n) is 4.51. The van der Waals surface area contributed by atoms with Crippen molar-refractivity contribution in [3.8, 4) is 5.75 Å². The zero-order chi connectivity index (χ0) is 17.8. The minimum Gasteiger partial charge on any atom is -0.494 e. The van der Waals surface area contributed by atoms with Crippen molar-refractivity contribution < 1.29 is 13.2 Å². The molecule has 3 heterocycles. The Labute approximate surface area is 145 Å². The van der Waals surface area contributed by atoms with Crippen LogP contribution in [0.25, 0.3) is 10.9 Å². The number of pyridine rings is 1. The summed E-state index contributed by atoms with van der Waals surface area (Å²) in [5.41, 5.74) is 2.57. The number of benzene rings is 1. The first-order valence-electron chi connectivity index (χ1n) is 7.94. The van der Waals surface area contributed by atoms with Crippen LogP contribution in [0.3, 0.4) is 0 Å². The van der Waals surface area contributed by atoms with Crippen LogP contribution in [-0.2, 0) is 16.4 Å². The maximum absolute atomic E-state index is 13.2. The fraction of sp³-hybridized carbons (Fsp3) is 0.294. The van der Waals surface area contributed by atoms with Gasteiger partial charge < -0.3 is 4.74 Å². The van der Waals surface area contributed by atoms with Gasteiger partial charge in [0.05, 0.1) is 18.5 Å². The van der Waals surface area contributed by atoms with Crippen molar-refractivity contribution in [2.75, 3.05) is 18.0 Å². The minimum absolute atomic E-state index is 0.224. The lowest BCUT2D eigenvalue weighted by atomic mass is 10.1. The quantitative estimate of drug-likeness (QED) is 0.776. The molecule has 1 aliphatic heterocycles. The molecule has 0 bridgehead atoms. The number of H-pyrrole nitrogens is 1. The summed E-state index contributed by atoms with van der Waals surface area (Å²) >= 11 is 0. The van der Waals surface area contributed by atoms with E-state index < -0.39 is 10.0 Å². The molecular weight excluding hydrogens is 340 g/mol. The molecule has 0 atom stereocenters. The highest BCUT2D eigenvalue weighted by Gasteiger charge is 2.35. The van der Waals surface area contributed by atoms with Crippen molar-refractivity contribution in [1.82, 2.24) is 15.2 Å². The highest BCUT2D eigenvalue weighted by Crippen LogP contribution is 2.36. The first-order valence-corrected chi connectivity index (χ1v) is 9.38. The number of hydrogen-bond donors (Lipinski definition) is 1. The van der Waals surface area contributed by atoms with Gasteiger partial charge in [0.1, 0.15) is 22.0 Å². The van der Waals surface area contributed by atoms with Gasteiger partial charge in [-0.05, 0) is 38.0 Å². The normalized spacial score (nSPS) is 14.1. The number of ether oxygens (including phenoxy) is 1. The summed E-state index contributed by atoms with van der Waals surface area (Å²) in [4.78, 5) is 4.86. The number of nitrogens with one attached hydrogen (secondary N) is 1. The Kier molecular flexibility index (Phi) is 3.47. The number of sulfonamides is 1. The molecule has 0 radical (unpaired) electrons. The van der Waals surface area contributed by atoms with Gasteiger partial charge in [-0.15, -0.1) is 0 Å². The highest BCUT2D eigenvalue weighted by atomic mass is 32.2. The highest BCUT2D eigenvalue weighted by molar-refractivity contribution is 7.93. The van der Waals surface area contributed by atoms with Crippen molar-refractivity contribution in [1.29, 1.82) is 0 Å². The van der Waals surface area contributed by atoms with Crippen molar-refractivity contribution in [2.45, 2.75) is 25.2 Å². The fourth-order valence-corrected chi connectivity index (χ4v) is 5.15. The molecule has 3 aromatic rings. The van der Waals surface area contributed by atoms with E-state index in [4.69, 9.17) is 4.74 Å². The van der Waals surface area contributed by atoms with Crippen molar-refractivity contribution >= 4 is 26.7 Å². The molecular formula is C17H18N4O3S. The second-order valence-corrected chi connectivity index (χ2v) is 7.89. The molecule has 0 saturated heterocycles. The Hall–Kier alpha value is -2.61. The van der Waals surface area contributed by atoms with Crippen LogP contribution >= 0.6 is 0 Å². The lowest BCUT2D eigenvalue weighted by molar-refractivity contribution is 0.419. The van der Waals surface area contributed by atoms with Gasteiger partial charge >= 0.3 is 0 Å². The summed E-state index contributed by atoms with van der Waals surface area (Å²) in [7, 11) is -2.14. The lowest BCUT2D eigenvalue weighted by Gasteiger charge is -2.19. The molecule has 130 valence electrons. The van der Waals surface area contributed by atoms with Crippen LogP contribution in [-0.4, -0.2) is 37.3 Å². The van der Waals surface area contributed by atoms with Crippen molar-refractivity contribution in [3.63, 3.8) is 0 Å². The molecule has 25 heavy (non-hydrogen) atoms. The number of methoxy groups -OCH3 is 1. The molecule has 7 nitrogen and oxygen atoms in total. The SMILES string of the molecule is COc1cccc2cc3c(nc12)N(S(=O)(=O)c1c(C)n[nH]c1C)CC3. The molecule has 0 aliphatic carbocycles. The van der Waals surface area contributed by atoms with Crippen molar-refractivity contribution in [3.05, 3.63) is 41.2 Å². The molecule has 0 saturated carbocycles. The summed E-state index contributed by atoms with van der Waals surface area (Å²) in [6, 6.07) is 7.66. The van der Waals surface area contributed by atoms with E-state index in [1.165, 1.54) is 4.31 Å². The van der Waals surface area contributed by atoms with Crippen LogP contribution < -0.4 is 9.04 Å². The summed E-state index contributed by atoms with van der Waals surface area (Å²) in [5, 5.41) is 7.70. The molecule has 0 unspecified atom stereocenters. The first kappa shape index (κ1) is 15.9. The summed E-state index contributed by atoms with van der Waals surface area (Å²) in [6.07, 6.45) is 0.630. The van der Waals surface area contributed by atoms with Gasteiger partial charge in [-0.25, -0.2) is 17.7 Å². The predicted molar refractivity (Wildman–Crippen MR) is 94.6 cm³/mol. The first-order chi connectivity index (χ1) is 11.9. The summed E-state index contributed by atoms with van der Waals surface area (Å²) < 4.78 is 33.1. The van der Waals surface area contributed by atoms with Crippen LogP contribution in [0.5, 0.6) is 5.75 Å². The molecule has 2 aromatic heterocycles. The van der Waals surface area contributed by atoms with E-state index >= 15 is 0 Å². The van der Waals surface area contributed by atoms with E-state index in [0.29, 0.717) is 41.4 Å². The Bertz CT molecular complexity index is 1070. The number of rotatable bonds is 3. The molecule has 1 aliphatic rings. The fourth-order valence-electron chi connectivity index (χ4n) is 3.36. The Morgan fingerprint density at radius 3 is 2.76 bits per heavy atom. The van der Waals surface area contributed by atoms with Crippen LogP contribution in [0, 0.1) is 13.8 Å². The topological polar surface area (TPSA) is 88.2 Å². The lowest BCUT2D eigenvalue weighted by Crippen LogP contribution is -2.30. The third kappa shape index (κ3) is 2.28. The number of aryl methyl sites for hydroxylation is 2. The predicted octanol–water partition coefficient (Wildman–Crippen LogP) is 2.33. The molecule has 0 amide bonds. The Balaban J connectivity index is 1.91. The second kappa shape index (κ2) is 5.45. The van der Waals surface area contributed by atoms with Gasteiger partial charge in [-0.3, -0.25) is 5.10 Å². The van der Waals surface area contributed by atoms with Crippen molar-refractivity contribution in [2.24, 2.45) is 0 Å². The van der Waals surface area contributed by atoms with Gasteiger partial charge in [-0.2, -0.15) is 5.10 Å². The molecule has 0 spiro atoms. The van der Waals surface area contributed by atoms with E-state index in [1.807, 2.05) is 24.3 Å². The standard InChI is InChI=1S/C17H18N4O3S/c1-10-16(11(2)20-19-10)25(22,23)21-8-7-13-9-12-5-4-6-14(24-3)15(12)18-17(13)21/h4-6,9H,7-8H2,1-3H3,(H,19,20). The largest absolute Gasteiger partial charge is 0.494 e. The van der Waals surface area contributed by atoms with E-state index in [0.717, 1.165) is 10.9 Å². The maximum atomic E-state index is 13.2.